The molecule has 7 nitrogen and oxygen atoms in total. The maximum Gasteiger partial charge on any atom is 0.135 e. The van der Waals surface area contributed by atoms with E-state index in [4.69, 9.17) is 4.79 Å². The summed E-state index contributed by atoms with van der Waals surface area (Å²) in [7, 11) is 2.05. The van der Waals surface area contributed by atoms with Crippen LogP contribution in [0.1, 0.15) is 48.1 Å². The molecular weight excluding hydrogens is 481 g/mol. The van der Waals surface area contributed by atoms with Gasteiger partial charge in [0.1, 0.15) is 30.0 Å². The molecule has 2 heterocycles. The lowest BCUT2D eigenvalue weighted by Gasteiger charge is -2.27. The maximum atomic E-state index is 13.8. The molecule has 3 aromatic rings. The lowest BCUT2D eigenvalue weighted by atomic mass is 10.0. The number of phenols is 1. The summed E-state index contributed by atoms with van der Waals surface area (Å²) in [6, 6.07) is 12.5. The Bertz CT molecular complexity index is 1210. The van der Waals surface area contributed by atoms with Crippen molar-refractivity contribution < 1.29 is 14.3 Å². The summed E-state index contributed by atoms with van der Waals surface area (Å²) in [5, 5.41) is 21.8. The second-order valence-electron chi connectivity index (χ2n) is 9.06. The minimum absolute atomic E-state index is 0.153. The van der Waals surface area contributed by atoms with E-state index in [0.29, 0.717) is 12.1 Å². The molecule has 1 unspecified atom stereocenters. The molecule has 0 aliphatic carbocycles. The van der Waals surface area contributed by atoms with Crippen molar-refractivity contribution in [3.8, 4) is 5.75 Å². The summed E-state index contributed by atoms with van der Waals surface area (Å²) in [6.45, 7) is 13.7. The predicted octanol–water partition coefficient (Wildman–Crippen LogP) is 5.82. The van der Waals surface area contributed by atoms with Crippen molar-refractivity contribution in [3.63, 3.8) is 0 Å². The number of para-hydroxylation sites is 1. The van der Waals surface area contributed by atoms with Crippen molar-refractivity contribution in [2.75, 3.05) is 25.5 Å². The van der Waals surface area contributed by atoms with Crippen molar-refractivity contribution in [1.29, 1.82) is 0 Å². The third-order valence-corrected chi connectivity index (χ3v) is 6.20. The van der Waals surface area contributed by atoms with E-state index in [1.165, 1.54) is 6.07 Å². The first-order valence-electron chi connectivity index (χ1n) is 12.7. The number of carbonyl (C=O) groups excluding carboxylic acids is 1. The molecule has 1 aliphatic heterocycles. The van der Waals surface area contributed by atoms with Gasteiger partial charge in [-0.25, -0.2) is 9.07 Å². The number of carbonyl (C=O) groups is 1. The Morgan fingerprint density at radius 2 is 1.92 bits per heavy atom. The highest BCUT2D eigenvalue weighted by Crippen LogP contribution is 2.34. The molecule has 0 saturated carbocycles. The van der Waals surface area contributed by atoms with Crippen molar-refractivity contribution in [2.45, 2.75) is 46.2 Å². The number of hydrogen-bond donors (Lipinski definition) is 3. The fraction of sp³-hybridized carbons (Fsp3) is 0.333. The molecule has 4 rings (SSSR count). The number of allylic oxidation sites excluding steroid dienone is 1. The highest BCUT2D eigenvalue weighted by molar-refractivity contribution is 5.63. The number of phenolic OH excluding ortho intramolecular Hbond substituents is 1. The van der Waals surface area contributed by atoms with Gasteiger partial charge in [0.2, 0.25) is 0 Å². The van der Waals surface area contributed by atoms with Crippen LogP contribution in [0.5, 0.6) is 5.75 Å². The molecule has 0 spiro atoms. The summed E-state index contributed by atoms with van der Waals surface area (Å²) in [5.74, 6) is 1.92. The maximum absolute atomic E-state index is 13.8. The number of aryl methyl sites for hydroxylation is 1. The number of benzene rings is 2. The zero-order valence-corrected chi connectivity index (χ0v) is 22.9. The van der Waals surface area contributed by atoms with Gasteiger partial charge in [0, 0.05) is 24.2 Å². The molecule has 0 bridgehead atoms. The summed E-state index contributed by atoms with van der Waals surface area (Å²) in [6.07, 6.45) is 7.76. The van der Waals surface area contributed by atoms with Gasteiger partial charge in [-0.05, 0) is 69.6 Å². The summed E-state index contributed by atoms with van der Waals surface area (Å²) < 4.78 is 15.6. The van der Waals surface area contributed by atoms with E-state index < -0.39 is 0 Å². The second-order valence-corrected chi connectivity index (χ2v) is 9.06. The largest absolute Gasteiger partial charge is 0.508 e. The Kier molecular flexibility index (Phi) is 12.3. The van der Waals surface area contributed by atoms with Crippen molar-refractivity contribution >= 4 is 18.4 Å². The predicted molar refractivity (Wildman–Crippen MR) is 153 cm³/mol. The molecule has 1 atom stereocenters. The number of nitrogens with one attached hydrogen (secondary N) is 2. The van der Waals surface area contributed by atoms with Crippen LogP contribution in [0.2, 0.25) is 0 Å². The van der Waals surface area contributed by atoms with Crippen molar-refractivity contribution in [2.24, 2.45) is 0 Å². The number of hydrogen-bond acceptors (Lipinski definition) is 6. The zero-order valence-electron chi connectivity index (χ0n) is 22.9. The Labute approximate surface area is 225 Å². The van der Waals surface area contributed by atoms with Gasteiger partial charge in [-0.3, -0.25) is 0 Å². The Morgan fingerprint density at radius 1 is 1.21 bits per heavy atom. The Hall–Kier alpha value is -3.91. The normalized spacial score (nSPS) is 13.6. The summed E-state index contributed by atoms with van der Waals surface area (Å²) in [5.41, 5.74) is 3.60. The number of anilines is 1. The molecule has 1 aliphatic rings. The molecule has 8 heteroatoms. The third-order valence-electron chi connectivity index (χ3n) is 6.20. The molecular formula is C30H40FN5O2. The second kappa shape index (κ2) is 15.4. The molecule has 0 fully saturated rings. The molecule has 3 N–H and O–H groups in total. The van der Waals surface area contributed by atoms with E-state index in [0.717, 1.165) is 54.3 Å². The van der Waals surface area contributed by atoms with E-state index >= 15 is 0 Å². The lowest BCUT2D eigenvalue weighted by molar-refractivity contribution is -0.0980. The van der Waals surface area contributed by atoms with Gasteiger partial charge in [-0.15, -0.1) is 6.58 Å². The first kappa shape index (κ1) is 30.3. The summed E-state index contributed by atoms with van der Waals surface area (Å²) in [4.78, 5) is 10.2. The summed E-state index contributed by atoms with van der Waals surface area (Å²) >= 11 is 0. The van der Waals surface area contributed by atoms with Crippen LogP contribution in [-0.4, -0.2) is 46.7 Å². The monoisotopic (exact) mass is 521 g/mol. The van der Waals surface area contributed by atoms with Crippen LogP contribution in [0, 0.1) is 19.7 Å². The number of rotatable bonds is 9. The van der Waals surface area contributed by atoms with Gasteiger partial charge in [-0.2, -0.15) is 5.10 Å². The highest BCUT2D eigenvalue weighted by Gasteiger charge is 2.23. The van der Waals surface area contributed by atoms with Crippen LogP contribution in [0.15, 0.2) is 67.4 Å². The highest BCUT2D eigenvalue weighted by atomic mass is 19.1. The number of nitrogens with zero attached hydrogens (tertiary/aromatic N) is 3. The van der Waals surface area contributed by atoms with E-state index in [1.807, 2.05) is 67.9 Å². The number of aromatic nitrogens is 2. The van der Waals surface area contributed by atoms with Crippen LogP contribution in [0.4, 0.5) is 10.2 Å². The topological polar surface area (TPSA) is 82.4 Å². The molecule has 38 heavy (non-hydrogen) atoms. The van der Waals surface area contributed by atoms with Crippen LogP contribution in [0.25, 0.3) is 5.82 Å². The van der Waals surface area contributed by atoms with Crippen LogP contribution in [-0.2, 0) is 11.3 Å². The first-order valence-corrected chi connectivity index (χ1v) is 12.7. The lowest BCUT2D eigenvalue weighted by Crippen LogP contribution is -2.29. The van der Waals surface area contributed by atoms with E-state index in [1.54, 1.807) is 12.1 Å². The number of aromatic hydroxyl groups is 1. The number of halogens is 1. The Morgan fingerprint density at radius 3 is 2.61 bits per heavy atom. The standard InChI is InChI=1S/C25H30FN5O.C4H8.CH2O/c1-17-15-28-31-24(14-22(29-25(17)31)20-9-4-5-11-23(20)32)27-12-7-13-30(3)16-19-8-6-10-21(26)18(19)2;1-3-4-2;1-2/h4-6,8-11,14-15,22,27,29,32H,7,12-13,16H2,1-3H3;3H,1,4H2,2H3;1H2. The Balaban J connectivity index is 0.000000773. The molecule has 0 radical (unpaired) electrons. The average molecular weight is 522 g/mol. The van der Waals surface area contributed by atoms with Gasteiger partial charge in [0.25, 0.3) is 0 Å². The molecule has 0 amide bonds. The van der Waals surface area contributed by atoms with Gasteiger partial charge in [-0.1, -0.05) is 43.3 Å². The zero-order chi connectivity index (χ0) is 28.1. The molecule has 204 valence electrons. The molecule has 2 aromatic carbocycles. The number of fused-ring (bicyclic) bond motifs is 1. The van der Waals surface area contributed by atoms with Crippen LogP contribution < -0.4 is 10.6 Å². The fourth-order valence-corrected chi connectivity index (χ4v) is 4.02. The third kappa shape index (κ3) is 8.05. The van der Waals surface area contributed by atoms with Crippen LogP contribution in [0.3, 0.4) is 0 Å². The van der Waals surface area contributed by atoms with Gasteiger partial charge in [0.15, 0.2) is 0 Å². The van der Waals surface area contributed by atoms with Gasteiger partial charge < -0.3 is 25.4 Å². The van der Waals surface area contributed by atoms with Crippen molar-refractivity contribution in [3.05, 3.63) is 95.5 Å². The SMILES string of the molecule is C=CCC.C=O.Cc1cnn2c1NC(c1ccccc1O)C=C2NCCCN(C)Cc1cccc(F)c1C. The molecule has 0 saturated heterocycles. The average Bonchev–Trinajstić information content (AvgIpc) is 3.31. The minimum atomic E-state index is -0.153. The van der Waals surface area contributed by atoms with E-state index in [-0.39, 0.29) is 17.6 Å². The van der Waals surface area contributed by atoms with Gasteiger partial charge in [0.05, 0.1) is 12.2 Å². The van der Waals surface area contributed by atoms with Crippen molar-refractivity contribution in [1.82, 2.24) is 20.0 Å². The van der Waals surface area contributed by atoms with E-state index in [9.17, 15) is 9.50 Å². The molecule has 1 aromatic heterocycles. The van der Waals surface area contributed by atoms with Crippen LogP contribution >= 0.6 is 0 Å². The first-order chi connectivity index (χ1) is 18.3. The minimum Gasteiger partial charge on any atom is -0.508 e. The smallest absolute Gasteiger partial charge is 0.135 e. The van der Waals surface area contributed by atoms with E-state index in [2.05, 4.69) is 41.2 Å². The van der Waals surface area contributed by atoms with Gasteiger partial charge >= 0.3 is 0 Å². The fourth-order valence-electron chi connectivity index (χ4n) is 4.02. The quantitative estimate of drug-likeness (QED) is 0.243.